The Morgan fingerprint density at radius 2 is 1.86 bits per heavy atom. The van der Waals surface area contributed by atoms with Crippen LogP contribution in [0, 0.1) is 0 Å². The monoisotopic (exact) mass is 323 g/mol. The van der Waals surface area contributed by atoms with Crippen LogP contribution in [0.15, 0.2) is 42.5 Å². The van der Waals surface area contributed by atoms with Crippen molar-refractivity contribution in [3.63, 3.8) is 0 Å². The summed E-state index contributed by atoms with van der Waals surface area (Å²) in [5.74, 6) is 0.714. The average molecular weight is 324 g/mol. The second kappa shape index (κ2) is 7.34. The van der Waals surface area contributed by atoms with Gasteiger partial charge in [-0.25, -0.2) is 0 Å². The van der Waals surface area contributed by atoms with E-state index in [1.807, 2.05) is 24.3 Å². The van der Waals surface area contributed by atoms with Gasteiger partial charge >= 0.3 is 0 Å². The molecular formula is C16H15Cl2NO2. The third kappa shape index (κ3) is 4.66. The average Bonchev–Trinajstić information content (AvgIpc) is 2.48. The number of halogens is 2. The molecule has 0 unspecified atom stereocenters. The third-order valence-electron chi connectivity index (χ3n) is 3.01. The van der Waals surface area contributed by atoms with Crippen LogP contribution in [-0.4, -0.2) is 13.0 Å². The Balaban J connectivity index is 1.89. The summed E-state index contributed by atoms with van der Waals surface area (Å²) in [6.45, 7) is 0. The molecule has 0 aromatic heterocycles. The van der Waals surface area contributed by atoms with E-state index < -0.39 is 0 Å². The molecule has 0 aliphatic heterocycles. The van der Waals surface area contributed by atoms with Gasteiger partial charge in [0, 0.05) is 11.4 Å². The van der Waals surface area contributed by atoms with E-state index in [9.17, 15) is 4.79 Å². The van der Waals surface area contributed by atoms with Gasteiger partial charge in [-0.05, 0) is 42.3 Å². The van der Waals surface area contributed by atoms with Crippen molar-refractivity contribution in [1.82, 2.24) is 0 Å². The van der Waals surface area contributed by atoms with Crippen molar-refractivity contribution in [2.24, 2.45) is 0 Å². The predicted octanol–water partition coefficient (Wildman–Crippen LogP) is 4.57. The standard InChI is InChI=1S/C16H15Cl2NO2/c1-21-13-6-2-11(3-7-13)4-9-16(20)19-15-8-5-12(17)10-14(15)18/h2-3,5-8,10H,4,9H2,1H3,(H,19,20). The number of anilines is 1. The van der Waals surface area contributed by atoms with Crippen molar-refractivity contribution in [2.45, 2.75) is 12.8 Å². The molecule has 0 saturated carbocycles. The molecule has 2 aromatic rings. The van der Waals surface area contributed by atoms with Crippen molar-refractivity contribution in [2.75, 3.05) is 12.4 Å². The molecular weight excluding hydrogens is 309 g/mol. The van der Waals surface area contributed by atoms with Gasteiger partial charge in [-0.2, -0.15) is 0 Å². The van der Waals surface area contributed by atoms with E-state index >= 15 is 0 Å². The Morgan fingerprint density at radius 3 is 2.48 bits per heavy atom. The van der Waals surface area contributed by atoms with Gasteiger partial charge < -0.3 is 10.1 Å². The van der Waals surface area contributed by atoms with Crippen molar-refractivity contribution in [1.29, 1.82) is 0 Å². The van der Waals surface area contributed by atoms with Gasteiger partial charge in [0.25, 0.3) is 0 Å². The summed E-state index contributed by atoms with van der Waals surface area (Å²) in [4.78, 5) is 11.9. The molecule has 0 radical (unpaired) electrons. The minimum atomic E-state index is -0.0879. The third-order valence-corrected chi connectivity index (χ3v) is 3.55. The van der Waals surface area contributed by atoms with Gasteiger partial charge in [-0.3, -0.25) is 4.79 Å². The van der Waals surface area contributed by atoms with Crippen molar-refractivity contribution < 1.29 is 9.53 Å². The van der Waals surface area contributed by atoms with Crippen LogP contribution in [0.5, 0.6) is 5.75 Å². The van der Waals surface area contributed by atoms with Crippen LogP contribution in [0.3, 0.4) is 0 Å². The maximum Gasteiger partial charge on any atom is 0.224 e. The van der Waals surface area contributed by atoms with Crippen LogP contribution in [-0.2, 0) is 11.2 Å². The van der Waals surface area contributed by atoms with E-state index in [2.05, 4.69) is 5.32 Å². The summed E-state index contributed by atoms with van der Waals surface area (Å²) in [6.07, 6.45) is 1.03. The first kappa shape index (κ1) is 15.7. The highest BCUT2D eigenvalue weighted by molar-refractivity contribution is 6.36. The van der Waals surface area contributed by atoms with Crippen LogP contribution in [0.2, 0.25) is 10.0 Å². The van der Waals surface area contributed by atoms with Crippen LogP contribution < -0.4 is 10.1 Å². The zero-order valence-electron chi connectivity index (χ0n) is 11.5. The molecule has 2 rings (SSSR count). The molecule has 0 saturated heterocycles. The summed E-state index contributed by atoms with van der Waals surface area (Å²) in [5.41, 5.74) is 1.65. The maximum absolute atomic E-state index is 11.9. The summed E-state index contributed by atoms with van der Waals surface area (Å²) < 4.78 is 5.09. The minimum absolute atomic E-state index is 0.0879. The van der Waals surface area contributed by atoms with Crippen LogP contribution in [0.25, 0.3) is 0 Å². The molecule has 5 heteroatoms. The number of nitrogens with one attached hydrogen (secondary N) is 1. The van der Waals surface area contributed by atoms with E-state index in [0.29, 0.717) is 28.6 Å². The van der Waals surface area contributed by atoms with E-state index in [1.165, 1.54) is 0 Å². The topological polar surface area (TPSA) is 38.3 Å². The molecule has 0 spiro atoms. The predicted molar refractivity (Wildman–Crippen MR) is 86.4 cm³/mol. The summed E-state index contributed by atoms with van der Waals surface area (Å²) in [6, 6.07) is 12.6. The summed E-state index contributed by atoms with van der Waals surface area (Å²) in [5, 5.41) is 3.75. The number of hydrogen-bond donors (Lipinski definition) is 1. The highest BCUT2D eigenvalue weighted by Crippen LogP contribution is 2.25. The van der Waals surface area contributed by atoms with E-state index in [0.717, 1.165) is 11.3 Å². The smallest absolute Gasteiger partial charge is 0.224 e. The Hall–Kier alpha value is -1.71. The number of ether oxygens (including phenoxy) is 1. The Labute approximate surface area is 133 Å². The second-order valence-electron chi connectivity index (χ2n) is 4.52. The minimum Gasteiger partial charge on any atom is -0.497 e. The molecule has 1 amide bonds. The highest BCUT2D eigenvalue weighted by atomic mass is 35.5. The second-order valence-corrected chi connectivity index (χ2v) is 5.36. The first-order chi connectivity index (χ1) is 10.1. The summed E-state index contributed by atoms with van der Waals surface area (Å²) in [7, 11) is 1.62. The van der Waals surface area contributed by atoms with Gasteiger partial charge in [-0.15, -0.1) is 0 Å². The first-order valence-corrected chi connectivity index (χ1v) is 7.22. The largest absolute Gasteiger partial charge is 0.497 e. The molecule has 0 aliphatic carbocycles. The quantitative estimate of drug-likeness (QED) is 0.875. The van der Waals surface area contributed by atoms with Crippen molar-refractivity contribution in [3.8, 4) is 5.75 Å². The van der Waals surface area contributed by atoms with Gasteiger partial charge in [0.05, 0.1) is 17.8 Å². The lowest BCUT2D eigenvalue weighted by Crippen LogP contribution is -2.12. The molecule has 1 N–H and O–H groups in total. The molecule has 21 heavy (non-hydrogen) atoms. The fourth-order valence-electron chi connectivity index (χ4n) is 1.85. The van der Waals surface area contributed by atoms with Crippen LogP contribution >= 0.6 is 23.2 Å². The number of carbonyl (C=O) groups excluding carboxylic acids is 1. The van der Waals surface area contributed by atoms with Crippen LogP contribution in [0.1, 0.15) is 12.0 Å². The number of methoxy groups -OCH3 is 1. The molecule has 0 aliphatic rings. The SMILES string of the molecule is COc1ccc(CCC(=O)Nc2ccc(Cl)cc2Cl)cc1. The zero-order valence-corrected chi connectivity index (χ0v) is 13.0. The first-order valence-electron chi connectivity index (χ1n) is 6.46. The van der Waals surface area contributed by atoms with E-state index in [-0.39, 0.29) is 5.91 Å². The number of hydrogen-bond acceptors (Lipinski definition) is 2. The lowest BCUT2D eigenvalue weighted by molar-refractivity contribution is -0.116. The van der Waals surface area contributed by atoms with Gasteiger partial charge in [0.2, 0.25) is 5.91 Å². The van der Waals surface area contributed by atoms with Crippen molar-refractivity contribution in [3.05, 3.63) is 58.1 Å². The molecule has 110 valence electrons. The Bertz CT molecular complexity index is 627. The fraction of sp³-hybridized carbons (Fsp3) is 0.188. The molecule has 0 atom stereocenters. The van der Waals surface area contributed by atoms with Gasteiger partial charge in [0.15, 0.2) is 0 Å². The number of carbonyl (C=O) groups is 1. The molecule has 0 bridgehead atoms. The number of aryl methyl sites for hydroxylation is 1. The van der Waals surface area contributed by atoms with Gasteiger partial charge in [-0.1, -0.05) is 35.3 Å². The van der Waals surface area contributed by atoms with Gasteiger partial charge in [0.1, 0.15) is 5.75 Å². The normalized spacial score (nSPS) is 10.2. The maximum atomic E-state index is 11.9. The van der Waals surface area contributed by atoms with E-state index in [1.54, 1.807) is 25.3 Å². The highest BCUT2D eigenvalue weighted by Gasteiger charge is 2.07. The molecule has 0 fully saturated rings. The lowest BCUT2D eigenvalue weighted by atomic mass is 10.1. The Kier molecular flexibility index (Phi) is 5.48. The van der Waals surface area contributed by atoms with Crippen LogP contribution in [0.4, 0.5) is 5.69 Å². The zero-order chi connectivity index (χ0) is 15.2. The number of amides is 1. The Morgan fingerprint density at radius 1 is 1.14 bits per heavy atom. The lowest BCUT2D eigenvalue weighted by Gasteiger charge is -2.08. The number of rotatable bonds is 5. The van der Waals surface area contributed by atoms with E-state index in [4.69, 9.17) is 27.9 Å². The summed E-state index contributed by atoms with van der Waals surface area (Å²) >= 11 is 11.8. The number of benzene rings is 2. The fourth-order valence-corrected chi connectivity index (χ4v) is 2.31. The molecule has 0 heterocycles. The van der Waals surface area contributed by atoms with Crippen molar-refractivity contribution >= 4 is 34.8 Å². The molecule has 2 aromatic carbocycles. The molecule has 3 nitrogen and oxygen atoms in total.